The summed E-state index contributed by atoms with van der Waals surface area (Å²) in [6.07, 6.45) is 3.91. The smallest absolute Gasteiger partial charge is 0.240 e. The van der Waals surface area contributed by atoms with Crippen LogP contribution in [-0.4, -0.2) is 43.7 Å². The molecule has 7 rings (SSSR count). The zero-order chi connectivity index (χ0) is 34.2. The summed E-state index contributed by atoms with van der Waals surface area (Å²) < 4.78 is 41.6. The number of aliphatic hydroxyl groups is 1. The lowest BCUT2D eigenvalue weighted by atomic mass is 9.65. The number of likely N-dealkylation sites (tertiary alicyclic amines) is 1. The highest BCUT2D eigenvalue weighted by atomic mass is 32.2. The minimum Gasteiger partial charge on any atom is -0.392 e. The van der Waals surface area contributed by atoms with Crippen LogP contribution in [0.4, 0.5) is 0 Å². The molecule has 2 aliphatic heterocycles. The third-order valence-electron chi connectivity index (χ3n) is 10.5. The molecule has 3 fully saturated rings. The predicted octanol–water partition coefficient (Wildman–Crippen LogP) is 7.77. The number of ether oxygens (including phenoxy) is 2. The van der Waals surface area contributed by atoms with Gasteiger partial charge in [0.1, 0.15) is 0 Å². The monoisotopic (exact) mass is 680 g/mol. The molecule has 2 heterocycles. The van der Waals surface area contributed by atoms with Gasteiger partial charge >= 0.3 is 0 Å². The van der Waals surface area contributed by atoms with Gasteiger partial charge in [-0.25, -0.2) is 13.1 Å². The molecule has 0 radical (unpaired) electrons. The lowest BCUT2D eigenvalue weighted by molar-refractivity contribution is -0.253. The third kappa shape index (κ3) is 7.85. The average molecular weight is 681 g/mol. The minimum atomic E-state index is -3.60. The second-order valence-corrected chi connectivity index (χ2v) is 17.2. The van der Waals surface area contributed by atoms with E-state index in [-0.39, 0.29) is 30.3 Å². The lowest BCUT2D eigenvalue weighted by Crippen LogP contribution is -2.42. The fraction of sp³-hybridized carbons (Fsp3) is 0.415. The molecule has 0 spiro atoms. The molecule has 7 nitrogen and oxygen atoms in total. The Morgan fingerprint density at radius 3 is 2.29 bits per heavy atom. The van der Waals surface area contributed by atoms with Crippen LogP contribution in [0, 0.1) is 10.8 Å². The van der Waals surface area contributed by atoms with Crippen molar-refractivity contribution in [3.8, 4) is 11.1 Å². The van der Waals surface area contributed by atoms with Crippen molar-refractivity contribution in [3.63, 3.8) is 0 Å². The maximum atomic E-state index is 12.8. The fourth-order valence-electron chi connectivity index (χ4n) is 8.64. The molecule has 2 bridgehead atoms. The minimum absolute atomic E-state index is 0.0170. The van der Waals surface area contributed by atoms with E-state index in [1.54, 1.807) is 30.3 Å². The Kier molecular flexibility index (Phi) is 9.56. The molecule has 4 aromatic rings. The molecule has 0 amide bonds. The summed E-state index contributed by atoms with van der Waals surface area (Å²) >= 11 is 0. The molecule has 1 aliphatic carbocycles. The van der Waals surface area contributed by atoms with Gasteiger partial charge in [0.15, 0.2) is 6.29 Å². The van der Waals surface area contributed by atoms with Gasteiger partial charge in [0.2, 0.25) is 10.0 Å². The van der Waals surface area contributed by atoms with Crippen LogP contribution in [0.2, 0.25) is 0 Å². The average Bonchev–Trinajstić information content (AvgIpc) is 3.34. The van der Waals surface area contributed by atoms with Crippen LogP contribution >= 0.6 is 0 Å². The predicted molar refractivity (Wildman–Crippen MR) is 192 cm³/mol. The van der Waals surface area contributed by atoms with Gasteiger partial charge in [0.25, 0.3) is 0 Å². The van der Waals surface area contributed by atoms with E-state index in [9.17, 15) is 13.5 Å². The van der Waals surface area contributed by atoms with E-state index in [1.165, 1.54) is 19.3 Å². The zero-order valence-electron chi connectivity index (χ0n) is 28.7. The van der Waals surface area contributed by atoms with Crippen LogP contribution in [0.25, 0.3) is 11.1 Å². The Morgan fingerprint density at radius 2 is 1.55 bits per heavy atom. The van der Waals surface area contributed by atoms with Crippen molar-refractivity contribution in [2.75, 3.05) is 13.1 Å². The topological polar surface area (TPSA) is 88.1 Å². The van der Waals surface area contributed by atoms with Crippen LogP contribution < -0.4 is 4.72 Å². The highest BCUT2D eigenvalue weighted by molar-refractivity contribution is 7.89. The van der Waals surface area contributed by atoms with Gasteiger partial charge in [-0.15, -0.1) is 0 Å². The Balaban J connectivity index is 1.07. The summed E-state index contributed by atoms with van der Waals surface area (Å²) in [6.45, 7) is 9.51. The zero-order valence-corrected chi connectivity index (χ0v) is 29.5. The van der Waals surface area contributed by atoms with Crippen molar-refractivity contribution in [3.05, 3.63) is 125 Å². The van der Waals surface area contributed by atoms with Crippen LogP contribution in [0.15, 0.2) is 108 Å². The molecule has 2 N–H and O–H groups in total. The number of benzene rings is 4. The van der Waals surface area contributed by atoms with E-state index in [1.807, 2.05) is 36.4 Å². The summed E-state index contributed by atoms with van der Waals surface area (Å²) in [7, 11) is -3.60. The maximum Gasteiger partial charge on any atom is 0.240 e. The summed E-state index contributed by atoms with van der Waals surface area (Å²) in [5.41, 5.74) is 6.57. The molecule has 4 aromatic carbocycles. The molecule has 8 heteroatoms. The van der Waals surface area contributed by atoms with Crippen LogP contribution in [0.3, 0.4) is 0 Å². The van der Waals surface area contributed by atoms with Crippen molar-refractivity contribution in [2.24, 2.45) is 10.8 Å². The summed E-state index contributed by atoms with van der Waals surface area (Å²) in [4.78, 5) is 2.94. The van der Waals surface area contributed by atoms with E-state index < -0.39 is 16.3 Å². The van der Waals surface area contributed by atoms with E-state index >= 15 is 0 Å². The van der Waals surface area contributed by atoms with E-state index in [0.717, 1.165) is 52.9 Å². The van der Waals surface area contributed by atoms with Crippen molar-refractivity contribution in [2.45, 2.75) is 89.0 Å². The molecule has 49 heavy (non-hydrogen) atoms. The largest absolute Gasteiger partial charge is 0.392 e. The van der Waals surface area contributed by atoms with Crippen LogP contribution in [0.1, 0.15) is 81.1 Å². The van der Waals surface area contributed by atoms with E-state index in [4.69, 9.17) is 9.47 Å². The number of rotatable bonds is 10. The molecule has 3 aliphatic rings. The van der Waals surface area contributed by atoms with Crippen molar-refractivity contribution < 1.29 is 23.0 Å². The molecule has 1 saturated carbocycles. The fourth-order valence-corrected chi connectivity index (χ4v) is 9.68. The second-order valence-electron chi connectivity index (χ2n) is 15.5. The number of nitrogens with one attached hydrogen (secondary N) is 1. The maximum absolute atomic E-state index is 12.8. The second kappa shape index (κ2) is 13.7. The summed E-state index contributed by atoms with van der Waals surface area (Å²) in [6, 6.07) is 33.3. The van der Waals surface area contributed by atoms with Crippen molar-refractivity contribution >= 4 is 10.0 Å². The van der Waals surface area contributed by atoms with E-state index in [0.29, 0.717) is 16.9 Å². The van der Waals surface area contributed by atoms with E-state index in [2.05, 4.69) is 66.8 Å². The first kappa shape index (κ1) is 34.1. The van der Waals surface area contributed by atoms with Gasteiger partial charge in [-0.2, -0.15) is 0 Å². The van der Waals surface area contributed by atoms with Gasteiger partial charge in [0, 0.05) is 37.7 Å². The highest BCUT2D eigenvalue weighted by Gasteiger charge is 2.50. The Labute approximate surface area is 291 Å². The Hall–Kier alpha value is -3.37. The number of aliphatic hydroxyl groups excluding tert-OH is 1. The first-order valence-corrected chi connectivity index (χ1v) is 18.9. The number of nitrogens with zero attached hydrogens (tertiary/aromatic N) is 1. The highest BCUT2D eigenvalue weighted by Crippen LogP contribution is 2.53. The van der Waals surface area contributed by atoms with Crippen molar-refractivity contribution in [1.82, 2.24) is 9.62 Å². The lowest BCUT2D eigenvalue weighted by Gasteiger charge is -2.41. The molecule has 258 valence electrons. The molecular formula is C41H48N2O5S. The van der Waals surface area contributed by atoms with Crippen LogP contribution in [0.5, 0.6) is 0 Å². The van der Waals surface area contributed by atoms with Gasteiger partial charge in [-0.05, 0) is 76.1 Å². The standard InChI is InChI=1S/C41H48N2O5S/c1-40(2)22-35-23-41(3,27-40)28-43(35)25-36-21-38(32-14-12-29(26-44)13-15-32)48-39(47-36)33-18-16-31(17-19-33)34-9-7-8-30(20-34)24-42-49(45,46)37-10-5-4-6-11-37/h4-20,35-36,38-39,42,44H,21-28H2,1-3H3/t35?,36-,38+,39+,41?/m0/s1. The number of hydrogen-bond acceptors (Lipinski definition) is 6. The molecule has 2 saturated heterocycles. The SMILES string of the molecule is CC1(C)CC2CC(C)(CN2C[C@@H]2C[C@H](c3ccc(CO)cc3)O[C@H](c3ccc(-c4cccc(CNS(=O)(=O)c5ccccc5)c4)cc3)O2)C1. The first-order valence-electron chi connectivity index (χ1n) is 17.5. The Bertz CT molecular complexity index is 1850. The molecule has 0 aromatic heterocycles. The number of sulfonamides is 1. The summed E-state index contributed by atoms with van der Waals surface area (Å²) in [5, 5.41) is 9.60. The molecule has 2 unspecified atom stereocenters. The van der Waals surface area contributed by atoms with Gasteiger partial charge < -0.3 is 14.6 Å². The van der Waals surface area contributed by atoms with Gasteiger partial charge in [0.05, 0.1) is 23.7 Å². The molecule has 5 atom stereocenters. The normalized spacial score (nSPS) is 26.9. The summed E-state index contributed by atoms with van der Waals surface area (Å²) in [5.74, 6) is 0. The van der Waals surface area contributed by atoms with Crippen LogP contribution in [-0.2, 0) is 32.6 Å². The first-order chi connectivity index (χ1) is 23.5. The Morgan fingerprint density at radius 1 is 0.816 bits per heavy atom. The number of hydrogen-bond donors (Lipinski definition) is 2. The van der Waals surface area contributed by atoms with Gasteiger partial charge in [-0.3, -0.25) is 4.90 Å². The third-order valence-corrected chi connectivity index (χ3v) is 12.0. The van der Waals surface area contributed by atoms with Gasteiger partial charge in [-0.1, -0.05) is 106 Å². The van der Waals surface area contributed by atoms with Crippen molar-refractivity contribution in [1.29, 1.82) is 0 Å². The molecular weight excluding hydrogens is 633 g/mol. The quantitative estimate of drug-likeness (QED) is 0.178. The number of fused-ring (bicyclic) bond motifs is 2.